The van der Waals surface area contributed by atoms with Gasteiger partial charge in [-0.05, 0) is 35.4 Å². The third kappa shape index (κ3) is 2.76. The second kappa shape index (κ2) is 4.77. The van der Waals surface area contributed by atoms with Crippen molar-refractivity contribution in [2.24, 2.45) is 0 Å². The second-order valence-corrected chi connectivity index (χ2v) is 3.92. The Labute approximate surface area is 107 Å². The van der Waals surface area contributed by atoms with Crippen molar-refractivity contribution in [1.82, 2.24) is 0 Å². The molecule has 0 radical (unpaired) electrons. The number of hydrogen-bond donors (Lipinski definition) is 0. The van der Waals surface area contributed by atoms with Gasteiger partial charge in [0.15, 0.2) is 0 Å². The van der Waals surface area contributed by atoms with Crippen LogP contribution in [0, 0.1) is 18.2 Å². The topological polar surface area (TPSA) is 0 Å². The van der Waals surface area contributed by atoms with Crippen molar-refractivity contribution in [3.05, 3.63) is 59.4 Å². The first-order valence-electron chi connectivity index (χ1n) is 5.35. The van der Waals surface area contributed by atoms with Gasteiger partial charge in [0.2, 0.25) is 0 Å². The molecule has 0 amide bonds. The summed E-state index contributed by atoms with van der Waals surface area (Å²) in [4.78, 5) is 0. The summed E-state index contributed by atoms with van der Waals surface area (Å²) in [5.41, 5.74) is -0.595. The summed E-state index contributed by atoms with van der Waals surface area (Å²) < 4.78 is 52.0. The first-order valence-corrected chi connectivity index (χ1v) is 5.35. The highest BCUT2D eigenvalue weighted by molar-refractivity contribution is 5.69. The van der Waals surface area contributed by atoms with E-state index in [1.54, 1.807) is 0 Å². The molecule has 0 aliphatic rings. The molecular formula is C15H8F4. The van der Waals surface area contributed by atoms with E-state index in [0.29, 0.717) is 0 Å². The van der Waals surface area contributed by atoms with Crippen molar-refractivity contribution in [3.8, 4) is 23.5 Å². The number of terminal acetylenes is 1. The monoisotopic (exact) mass is 264 g/mol. The molecule has 2 aromatic carbocycles. The first kappa shape index (κ1) is 13.2. The molecule has 2 rings (SSSR count). The van der Waals surface area contributed by atoms with Gasteiger partial charge < -0.3 is 0 Å². The van der Waals surface area contributed by atoms with Gasteiger partial charge in [-0.3, -0.25) is 0 Å². The zero-order valence-corrected chi connectivity index (χ0v) is 9.63. The van der Waals surface area contributed by atoms with Gasteiger partial charge in [-0.25, -0.2) is 4.39 Å². The molecule has 2 aromatic rings. The summed E-state index contributed by atoms with van der Waals surface area (Å²) in [7, 11) is 0. The minimum atomic E-state index is -4.50. The Balaban J connectivity index is 2.67. The van der Waals surface area contributed by atoms with Crippen molar-refractivity contribution in [1.29, 1.82) is 0 Å². The summed E-state index contributed by atoms with van der Waals surface area (Å²) in [6, 6.07) is 8.48. The fourth-order valence-electron chi connectivity index (χ4n) is 1.81. The maximum absolute atomic E-state index is 13.4. The predicted molar refractivity (Wildman–Crippen MR) is 64.8 cm³/mol. The number of alkyl halides is 3. The van der Waals surface area contributed by atoms with E-state index in [2.05, 4.69) is 5.92 Å². The zero-order chi connectivity index (χ0) is 14.0. The van der Waals surface area contributed by atoms with Crippen molar-refractivity contribution in [3.63, 3.8) is 0 Å². The van der Waals surface area contributed by atoms with Crippen molar-refractivity contribution in [2.75, 3.05) is 0 Å². The molecule has 0 N–H and O–H groups in total. The van der Waals surface area contributed by atoms with Gasteiger partial charge >= 0.3 is 6.18 Å². The number of halogens is 4. The second-order valence-electron chi connectivity index (χ2n) is 3.92. The van der Waals surface area contributed by atoms with E-state index < -0.39 is 17.6 Å². The highest BCUT2D eigenvalue weighted by Crippen LogP contribution is 2.37. The molecule has 0 atom stereocenters. The minimum Gasteiger partial charge on any atom is -0.207 e. The van der Waals surface area contributed by atoms with Crippen LogP contribution in [0.3, 0.4) is 0 Å². The summed E-state index contributed by atoms with van der Waals surface area (Å²) in [6.45, 7) is 0. The Morgan fingerprint density at radius 2 is 1.68 bits per heavy atom. The summed E-state index contributed by atoms with van der Waals surface area (Å²) in [6.07, 6.45) is 0.650. The molecule has 0 saturated carbocycles. The van der Waals surface area contributed by atoms with Crippen LogP contribution in [0.25, 0.3) is 11.1 Å². The summed E-state index contributed by atoms with van der Waals surface area (Å²) >= 11 is 0. The molecule has 0 nitrogen and oxygen atoms in total. The smallest absolute Gasteiger partial charge is 0.207 e. The number of rotatable bonds is 1. The molecule has 0 bridgehead atoms. The fourth-order valence-corrected chi connectivity index (χ4v) is 1.81. The van der Waals surface area contributed by atoms with Crippen LogP contribution in [0.5, 0.6) is 0 Å². The van der Waals surface area contributed by atoms with Crippen molar-refractivity contribution in [2.45, 2.75) is 6.18 Å². The average Bonchev–Trinajstić information content (AvgIpc) is 2.37. The van der Waals surface area contributed by atoms with Crippen LogP contribution in [0.4, 0.5) is 17.6 Å². The lowest BCUT2D eigenvalue weighted by molar-refractivity contribution is -0.137. The number of hydrogen-bond acceptors (Lipinski definition) is 0. The largest absolute Gasteiger partial charge is 0.417 e. The van der Waals surface area contributed by atoms with Crippen LogP contribution in [0.15, 0.2) is 42.5 Å². The zero-order valence-electron chi connectivity index (χ0n) is 9.63. The molecule has 0 aromatic heterocycles. The summed E-state index contributed by atoms with van der Waals surface area (Å²) in [5.74, 6) is 1.55. The van der Waals surface area contributed by atoms with Gasteiger partial charge in [0, 0.05) is 5.56 Å². The van der Waals surface area contributed by atoms with E-state index in [1.165, 1.54) is 24.3 Å². The third-order valence-electron chi connectivity index (χ3n) is 2.61. The van der Waals surface area contributed by atoms with Crippen LogP contribution in [0.2, 0.25) is 0 Å². The first-order chi connectivity index (χ1) is 8.91. The molecule has 4 heteroatoms. The Bertz CT molecular complexity index is 648. The lowest BCUT2D eigenvalue weighted by Gasteiger charge is -2.13. The molecule has 0 saturated heterocycles. The van der Waals surface area contributed by atoms with Gasteiger partial charge in [0.1, 0.15) is 5.82 Å². The Morgan fingerprint density at radius 1 is 1.00 bits per heavy atom. The molecule has 0 spiro atoms. The van der Waals surface area contributed by atoms with Crippen LogP contribution in [0.1, 0.15) is 11.1 Å². The standard InChI is InChI=1S/C15H8F4/c1-2-10-7-11(9-12(16)8-10)13-5-3-4-6-14(13)15(17,18)19/h1,3-9H. The van der Waals surface area contributed by atoms with Gasteiger partial charge in [-0.1, -0.05) is 24.1 Å². The predicted octanol–water partition coefficient (Wildman–Crippen LogP) is 4.49. The van der Waals surface area contributed by atoms with E-state index in [4.69, 9.17) is 6.42 Å². The molecule has 0 fully saturated rings. The van der Waals surface area contributed by atoms with Gasteiger partial charge in [0.25, 0.3) is 0 Å². The Hall–Kier alpha value is -2.28. The average molecular weight is 264 g/mol. The maximum atomic E-state index is 13.4. The van der Waals surface area contributed by atoms with Crippen molar-refractivity contribution < 1.29 is 17.6 Å². The third-order valence-corrected chi connectivity index (χ3v) is 2.61. The Kier molecular flexibility index (Phi) is 3.30. The van der Waals surface area contributed by atoms with Crippen LogP contribution in [-0.2, 0) is 6.18 Å². The van der Waals surface area contributed by atoms with Crippen LogP contribution < -0.4 is 0 Å². The lowest BCUT2D eigenvalue weighted by atomic mass is 9.97. The fraction of sp³-hybridized carbons (Fsp3) is 0.0667. The van der Waals surface area contributed by atoms with Crippen LogP contribution >= 0.6 is 0 Å². The quantitative estimate of drug-likeness (QED) is 0.525. The molecule has 0 heterocycles. The molecule has 19 heavy (non-hydrogen) atoms. The minimum absolute atomic E-state index is 0.0917. The molecule has 0 unspecified atom stereocenters. The van der Waals surface area contributed by atoms with E-state index in [0.717, 1.165) is 18.2 Å². The Morgan fingerprint density at radius 3 is 2.32 bits per heavy atom. The number of benzene rings is 2. The van der Waals surface area contributed by atoms with E-state index in [-0.39, 0.29) is 16.7 Å². The van der Waals surface area contributed by atoms with Crippen molar-refractivity contribution >= 4 is 0 Å². The summed E-state index contributed by atoms with van der Waals surface area (Å²) in [5, 5.41) is 0. The van der Waals surface area contributed by atoms with E-state index in [1.807, 2.05) is 0 Å². The molecular weight excluding hydrogens is 256 g/mol. The van der Waals surface area contributed by atoms with E-state index >= 15 is 0 Å². The normalized spacial score (nSPS) is 11.1. The highest BCUT2D eigenvalue weighted by Gasteiger charge is 2.33. The van der Waals surface area contributed by atoms with E-state index in [9.17, 15) is 17.6 Å². The van der Waals surface area contributed by atoms with Gasteiger partial charge in [-0.2, -0.15) is 13.2 Å². The molecule has 0 aliphatic carbocycles. The molecule has 96 valence electrons. The molecule has 0 aliphatic heterocycles. The highest BCUT2D eigenvalue weighted by atomic mass is 19.4. The van der Waals surface area contributed by atoms with Gasteiger partial charge in [-0.15, -0.1) is 6.42 Å². The van der Waals surface area contributed by atoms with Crippen LogP contribution in [-0.4, -0.2) is 0 Å². The SMILES string of the molecule is C#Cc1cc(F)cc(-c2ccccc2C(F)(F)F)c1. The van der Waals surface area contributed by atoms with Gasteiger partial charge in [0.05, 0.1) is 5.56 Å². The maximum Gasteiger partial charge on any atom is 0.417 e. The lowest BCUT2D eigenvalue weighted by Crippen LogP contribution is -2.07.